The number of ether oxygens (including phenoxy) is 7. The van der Waals surface area contributed by atoms with Crippen LogP contribution in [0, 0.1) is 0 Å². The Morgan fingerprint density at radius 1 is 0.500 bits per heavy atom. The van der Waals surface area contributed by atoms with E-state index in [2.05, 4.69) is 6.92 Å². The minimum Gasteiger partial charge on any atom is -0.463 e. The fourth-order valence-electron chi connectivity index (χ4n) is 3.70. The van der Waals surface area contributed by atoms with Gasteiger partial charge >= 0.3 is 11.9 Å². The van der Waals surface area contributed by atoms with Gasteiger partial charge in [0.2, 0.25) is 0 Å². The van der Waals surface area contributed by atoms with Crippen molar-refractivity contribution < 1.29 is 42.7 Å². The van der Waals surface area contributed by atoms with E-state index in [1.807, 2.05) is 6.07 Å². The Morgan fingerprint density at radius 3 is 1.38 bits per heavy atom. The van der Waals surface area contributed by atoms with Gasteiger partial charge in [-0.1, -0.05) is 76.5 Å². The summed E-state index contributed by atoms with van der Waals surface area (Å²) in [5, 5.41) is 0. The molecule has 0 unspecified atom stereocenters. The van der Waals surface area contributed by atoms with Crippen LogP contribution in [0.1, 0.15) is 81.5 Å². The third kappa shape index (κ3) is 23.8. The third-order valence-corrected chi connectivity index (χ3v) is 5.93. The predicted molar refractivity (Wildman–Crippen MR) is 154 cm³/mol. The van der Waals surface area contributed by atoms with Gasteiger partial charge in [-0.3, -0.25) is 4.79 Å². The Kier molecular flexibility index (Phi) is 25.6. The fourth-order valence-corrected chi connectivity index (χ4v) is 3.70. The molecule has 0 aromatic heterocycles. The highest BCUT2D eigenvalue weighted by Gasteiger charge is 2.05. The van der Waals surface area contributed by atoms with Crippen LogP contribution in [0.3, 0.4) is 0 Å². The molecule has 0 aliphatic rings. The topological polar surface area (TPSA) is 98.8 Å². The predicted octanol–water partition coefficient (Wildman–Crippen LogP) is 5.39. The van der Waals surface area contributed by atoms with Crippen LogP contribution in [0.15, 0.2) is 30.3 Å². The Hall–Kier alpha value is -2.04. The SMILES string of the molecule is CCCCCCCCCCCC(=O)OCCOCCOCCOCCOCCOCCOC(=O)c1ccccc1. The number of unbranched alkanes of at least 4 members (excludes halogenated alkanes) is 8. The second kappa shape index (κ2) is 28.5. The summed E-state index contributed by atoms with van der Waals surface area (Å²) in [5.74, 6) is -0.496. The summed E-state index contributed by atoms with van der Waals surface area (Å²) < 4.78 is 37.4. The van der Waals surface area contributed by atoms with E-state index in [4.69, 9.17) is 33.2 Å². The standard InChI is InChI=1S/C31H52O9/c1-2-3-4-5-6-7-8-9-13-16-30(32)39-27-25-37-23-21-35-19-17-34-18-20-36-22-24-38-26-28-40-31(33)29-14-11-10-12-15-29/h10-12,14-15H,2-9,13,16-28H2,1H3. The van der Waals surface area contributed by atoms with E-state index in [1.165, 1.54) is 44.9 Å². The number of benzene rings is 1. The van der Waals surface area contributed by atoms with Crippen LogP contribution in [-0.2, 0) is 38.0 Å². The van der Waals surface area contributed by atoms with Crippen LogP contribution in [0.5, 0.6) is 0 Å². The summed E-state index contributed by atoms with van der Waals surface area (Å²) in [4.78, 5) is 23.5. The number of carbonyl (C=O) groups is 2. The van der Waals surface area contributed by atoms with Crippen molar-refractivity contribution in [2.45, 2.75) is 71.1 Å². The molecule has 230 valence electrons. The average molecular weight is 569 g/mol. The molecule has 0 saturated carbocycles. The molecule has 0 fully saturated rings. The van der Waals surface area contributed by atoms with Gasteiger partial charge in [0.05, 0.1) is 71.6 Å². The van der Waals surface area contributed by atoms with Crippen molar-refractivity contribution in [1.29, 1.82) is 0 Å². The maximum atomic E-state index is 11.8. The van der Waals surface area contributed by atoms with Gasteiger partial charge in [0.25, 0.3) is 0 Å². The first-order valence-corrected chi connectivity index (χ1v) is 15.0. The molecular weight excluding hydrogens is 516 g/mol. The molecule has 1 rings (SSSR count). The summed E-state index contributed by atoms with van der Waals surface area (Å²) in [6.45, 7) is 7.08. The van der Waals surface area contributed by atoms with Gasteiger partial charge in [0, 0.05) is 6.42 Å². The summed E-state index contributed by atoms with van der Waals surface area (Å²) in [5.41, 5.74) is 0.527. The van der Waals surface area contributed by atoms with Crippen molar-refractivity contribution >= 4 is 11.9 Å². The first-order chi connectivity index (χ1) is 19.7. The van der Waals surface area contributed by atoms with Crippen LogP contribution >= 0.6 is 0 Å². The van der Waals surface area contributed by atoms with Crippen LogP contribution in [0.25, 0.3) is 0 Å². The largest absolute Gasteiger partial charge is 0.463 e. The summed E-state index contributed by atoms with van der Waals surface area (Å²) in [7, 11) is 0. The van der Waals surface area contributed by atoms with E-state index < -0.39 is 0 Å². The number of hydrogen-bond donors (Lipinski definition) is 0. The average Bonchev–Trinajstić information content (AvgIpc) is 2.97. The monoisotopic (exact) mass is 568 g/mol. The number of rotatable bonds is 29. The second-order valence-electron chi connectivity index (χ2n) is 9.36. The lowest BCUT2D eigenvalue weighted by Crippen LogP contribution is -2.15. The molecule has 40 heavy (non-hydrogen) atoms. The molecule has 0 radical (unpaired) electrons. The quantitative estimate of drug-likeness (QED) is 0.0930. The van der Waals surface area contributed by atoms with Crippen LogP contribution in [-0.4, -0.2) is 91.2 Å². The smallest absolute Gasteiger partial charge is 0.338 e. The highest BCUT2D eigenvalue weighted by molar-refractivity contribution is 5.89. The molecule has 0 aliphatic heterocycles. The number of hydrogen-bond acceptors (Lipinski definition) is 9. The van der Waals surface area contributed by atoms with E-state index in [1.54, 1.807) is 24.3 Å². The normalized spacial score (nSPS) is 11.0. The van der Waals surface area contributed by atoms with Crippen molar-refractivity contribution in [3.63, 3.8) is 0 Å². The second-order valence-corrected chi connectivity index (χ2v) is 9.36. The zero-order valence-corrected chi connectivity index (χ0v) is 24.6. The first-order valence-electron chi connectivity index (χ1n) is 15.0. The molecule has 0 aliphatic carbocycles. The molecule has 0 bridgehead atoms. The zero-order valence-electron chi connectivity index (χ0n) is 24.6. The van der Waals surface area contributed by atoms with Crippen LogP contribution in [0.4, 0.5) is 0 Å². The Labute approximate surface area is 241 Å². The molecule has 0 heterocycles. The lowest BCUT2D eigenvalue weighted by molar-refractivity contribution is -0.145. The van der Waals surface area contributed by atoms with Gasteiger partial charge in [0.15, 0.2) is 0 Å². The van der Waals surface area contributed by atoms with Gasteiger partial charge in [-0.25, -0.2) is 4.79 Å². The number of esters is 2. The van der Waals surface area contributed by atoms with Crippen molar-refractivity contribution in [3.05, 3.63) is 35.9 Å². The van der Waals surface area contributed by atoms with E-state index in [-0.39, 0.29) is 25.2 Å². The zero-order chi connectivity index (χ0) is 28.8. The van der Waals surface area contributed by atoms with Crippen molar-refractivity contribution in [2.75, 3.05) is 79.3 Å². The van der Waals surface area contributed by atoms with Crippen molar-refractivity contribution in [3.8, 4) is 0 Å². The van der Waals surface area contributed by atoms with E-state index in [0.29, 0.717) is 78.1 Å². The molecule has 1 aromatic rings. The Morgan fingerprint density at radius 2 is 0.900 bits per heavy atom. The maximum absolute atomic E-state index is 11.8. The van der Waals surface area contributed by atoms with Crippen molar-refractivity contribution in [1.82, 2.24) is 0 Å². The molecule has 0 saturated heterocycles. The van der Waals surface area contributed by atoms with Crippen molar-refractivity contribution in [2.24, 2.45) is 0 Å². The lowest BCUT2D eigenvalue weighted by atomic mass is 10.1. The number of carbonyl (C=O) groups excluding carboxylic acids is 2. The van der Waals surface area contributed by atoms with E-state index in [9.17, 15) is 9.59 Å². The fraction of sp³-hybridized carbons (Fsp3) is 0.742. The summed E-state index contributed by atoms with van der Waals surface area (Å²) in [6, 6.07) is 8.85. The van der Waals surface area contributed by atoms with Crippen LogP contribution < -0.4 is 0 Å². The molecule has 9 heteroatoms. The minimum atomic E-state index is -0.355. The molecule has 1 aromatic carbocycles. The highest BCUT2D eigenvalue weighted by Crippen LogP contribution is 2.10. The molecule has 0 amide bonds. The molecular formula is C31H52O9. The maximum Gasteiger partial charge on any atom is 0.338 e. The molecule has 9 nitrogen and oxygen atoms in total. The van der Waals surface area contributed by atoms with Gasteiger partial charge in [-0.05, 0) is 18.6 Å². The van der Waals surface area contributed by atoms with Gasteiger partial charge in [-0.2, -0.15) is 0 Å². The summed E-state index contributed by atoms with van der Waals surface area (Å²) >= 11 is 0. The Bertz CT molecular complexity index is 699. The molecule has 0 N–H and O–H groups in total. The summed E-state index contributed by atoms with van der Waals surface area (Å²) in [6.07, 6.45) is 11.6. The van der Waals surface area contributed by atoms with E-state index in [0.717, 1.165) is 12.8 Å². The highest BCUT2D eigenvalue weighted by atomic mass is 16.6. The van der Waals surface area contributed by atoms with Gasteiger partial charge in [0.1, 0.15) is 13.2 Å². The third-order valence-electron chi connectivity index (χ3n) is 5.93. The molecule has 0 spiro atoms. The van der Waals surface area contributed by atoms with Gasteiger partial charge in [-0.15, -0.1) is 0 Å². The lowest BCUT2D eigenvalue weighted by Gasteiger charge is -2.08. The first kappa shape index (κ1) is 36.0. The Balaban J connectivity index is 1.70. The van der Waals surface area contributed by atoms with Gasteiger partial charge < -0.3 is 33.2 Å². The van der Waals surface area contributed by atoms with E-state index >= 15 is 0 Å². The molecule has 0 atom stereocenters. The minimum absolute atomic E-state index is 0.140. The van der Waals surface area contributed by atoms with Crippen LogP contribution in [0.2, 0.25) is 0 Å².